The highest BCUT2D eigenvalue weighted by Crippen LogP contribution is 2.23. The quantitative estimate of drug-likeness (QED) is 0.917. The molecule has 0 bridgehead atoms. The molecule has 1 aromatic carbocycles. The van der Waals surface area contributed by atoms with Crippen LogP contribution in [0.25, 0.3) is 0 Å². The van der Waals surface area contributed by atoms with Gasteiger partial charge in [0.15, 0.2) is 9.84 Å². The maximum absolute atomic E-state index is 12.4. The Bertz CT molecular complexity index is 527. The predicted octanol–water partition coefficient (Wildman–Crippen LogP) is 2.45. The predicted molar refractivity (Wildman–Crippen MR) is 75.4 cm³/mol. The van der Waals surface area contributed by atoms with Crippen molar-refractivity contribution >= 4 is 9.84 Å². The lowest BCUT2D eigenvalue weighted by Gasteiger charge is -2.27. The first-order valence-corrected chi connectivity index (χ1v) is 7.75. The lowest BCUT2D eigenvalue weighted by Crippen LogP contribution is -2.41. The third-order valence-corrected chi connectivity index (χ3v) is 5.10. The van der Waals surface area contributed by atoms with Crippen molar-refractivity contribution in [2.75, 3.05) is 5.75 Å². The average molecular weight is 269 g/mol. The highest BCUT2D eigenvalue weighted by Gasteiger charge is 2.28. The number of hydrogen-bond donors (Lipinski definition) is 1. The van der Waals surface area contributed by atoms with Gasteiger partial charge >= 0.3 is 0 Å². The van der Waals surface area contributed by atoms with Crippen LogP contribution >= 0.6 is 0 Å². The van der Waals surface area contributed by atoms with Gasteiger partial charge in [0.2, 0.25) is 0 Å². The van der Waals surface area contributed by atoms with Gasteiger partial charge in [0.05, 0.1) is 10.6 Å². The summed E-state index contributed by atoms with van der Waals surface area (Å²) >= 11 is 0. The van der Waals surface area contributed by atoms with Crippen molar-refractivity contribution in [1.29, 1.82) is 0 Å². The van der Waals surface area contributed by atoms with Crippen LogP contribution in [0.15, 0.2) is 23.1 Å². The fraction of sp³-hybridized carbons (Fsp3) is 0.571. The van der Waals surface area contributed by atoms with E-state index in [1.165, 1.54) is 0 Å². The van der Waals surface area contributed by atoms with E-state index in [2.05, 4.69) is 0 Å². The molecule has 0 amide bonds. The van der Waals surface area contributed by atoms with E-state index in [0.717, 1.165) is 11.1 Å². The highest BCUT2D eigenvalue weighted by molar-refractivity contribution is 7.91. The Kier molecular flexibility index (Phi) is 4.23. The topological polar surface area (TPSA) is 60.2 Å². The zero-order valence-corrected chi connectivity index (χ0v) is 12.6. The number of nitrogens with two attached hydrogens (primary N) is 1. The van der Waals surface area contributed by atoms with Gasteiger partial charge in [-0.3, -0.25) is 0 Å². The molecule has 0 saturated heterocycles. The maximum Gasteiger partial charge on any atom is 0.180 e. The normalized spacial score (nSPS) is 14.6. The summed E-state index contributed by atoms with van der Waals surface area (Å²) in [6.07, 6.45) is 0. The molecular formula is C14H23NO2S. The molecule has 0 saturated carbocycles. The number of benzene rings is 1. The molecule has 0 aliphatic carbocycles. The van der Waals surface area contributed by atoms with Crippen LogP contribution in [0, 0.1) is 19.3 Å². The zero-order valence-electron chi connectivity index (χ0n) is 11.8. The number of sulfone groups is 1. The van der Waals surface area contributed by atoms with E-state index in [1.54, 1.807) is 6.07 Å². The largest absolute Gasteiger partial charge is 0.326 e. The fourth-order valence-electron chi connectivity index (χ4n) is 1.62. The molecule has 0 aromatic heterocycles. The van der Waals surface area contributed by atoms with E-state index in [9.17, 15) is 8.42 Å². The summed E-state index contributed by atoms with van der Waals surface area (Å²) in [5, 5.41) is 0. The van der Waals surface area contributed by atoms with Gasteiger partial charge in [-0.1, -0.05) is 32.9 Å². The standard InChI is InChI=1S/C14H23NO2S/c1-10-6-7-11(2)12(8-10)18(16,17)9-13(15)14(3,4)5/h6-8,13H,9,15H2,1-5H3. The van der Waals surface area contributed by atoms with Crippen LogP contribution in [-0.4, -0.2) is 20.2 Å². The molecule has 102 valence electrons. The van der Waals surface area contributed by atoms with Crippen molar-refractivity contribution < 1.29 is 8.42 Å². The van der Waals surface area contributed by atoms with E-state index in [4.69, 9.17) is 5.73 Å². The molecule has 2 N–H and O–H groups in total. The Morgan fingerprint density at radius 2 is 1.78 bits per heavy atom. The fourth-order valence-corrected chi connectivity index (χ4v) is 3.69. The van der Waals surface area contributed by atoms with Crippen molar-refractivity contribution in [2.24, 2.45) is 11.1 Å². The van der Waals surface area contributed by atoms with Gasteiger partial charge in [-0.2, -0.15) is 0 Å². The van der Waals surface area contributed by atoms with Crippen LogP contribution in [0.5, 0.6) is 0 Å². The summed E-state index contributed by atoms with van der Waals surface area (Å²) in [5.74, 6) is -0.0131. The third-order valence-electron chi connectivity index (χ3n) is 3.19. The molecule has 0 radical (unpaired) electrons. The molecule has 0 aliphatic heterocycles. The summed E-state index contributed by atoms with van der Waals surface area (Å²) < 4.78 is 24.8. The maximum atomic E-state index is 12.4. The van der Waals surface area contributed by atoms with E-state index in [0.29, 0.717) is 4.90 Å². The van der Waals surface area contributed by atoms with Crippen LogP contribution in [0.1, 0.15) is 31.9 Å². The Hall–Kier alpha value is -0.870. The Morgan fingerprint density at radius 1 is 1.22 bits per heavy atom. The van der Waals surface area contributed by atoms with Gasteiger partial charge in [-0.05, 0) is 36.5 Å². The first-order chi connectivity index (χ1) is 8.04. The summed E-state index contributed by atoms with van der Waals surface area (Å²) in [7, 11) is -3.32. The van der Waals surface area contributed by atoms with Crippen molar-refractivity contribution in [3.05, 3.63) is 29.3 Å². The van der Waals surface area contributed by atoms with Crippen LogP contribution in [0.4, 0.5) is 0 Å². The van der Waals surface area contributed by atoms with Gasteiger partial charge < -0.3 is 5.73 Å². The van der Waals surface area contributed by atoms with Gasteiger partial charge in [-0.15, -0.1) is 0 Å². The summed E-state index contributed by atoms with van der Waals surface area (Å²) in [6.45, 7) is 9.57. The zero-order chi connectivity index (χ0) is 14.1. The molecule has 4 heteroatoms. The van der Waals surface area contributed by atoms with Gasteiger partial charge in [0.1, 0.15) is 0 Å². The molecule has 1 aromatic rings. The van der Waals surface area contributed by atoms with Crippen LogP contribution in [-0.2, 0) is 9.84 Å². The van der Waals surface area contributed by atoms with Crippen LogP contribution in [0.2, 0.25) is 0 Å². The third kappa shape index (κ3) is 3.56. The van der Waals surface area contributed by atoms with Gasteiger partial charge in [0.25, 0.3) is 0 Å². The molecule has 0 heterocycles. The molecule has 18 heavy (non-hydrogen) atoms. The van der Waals surface area contributed by atoms with E-state index >= 15 is 0 Å². The highest BCUT2D eigenvalue weighted by atomic mass is 32.2. The van der Waals surface area contributed by atoms with Crippen LogP contribution < -0.4 is 5.73 Å². The lowest BCUT2D eigenvalue weighted by atomic mass is 9.89. The van der Waals surface area contributed by atoms with Crippen molar-refractivity contribution in [3.8, 4) is 0 Å². The molecule has 1 atom stereocenters. The molecule has 1 unspecified atom stereocenters. The van der Waals surface area contributed by atoms with Gasteiger partial charge in [0, 0.05) is 6.04 Å². The molecule has 0 spiro atoms. The van der Waals surface area contributed by atoms with Crippen molar-refractivity contribution in [2.45, 2.75) is 45.6 Å². The molecule has 0 aliphatic rings. The molecule has 0 fully saturated rings. The van der Waals surface area contributed by atoms with Crippen LogP contribution in [0.3, 0.4) is 0 Å². The molecular weight excluding hydrogens is 246 g/mol. The minimum atomic E-state index is -3.32. The monoisotopic (exact) mass is 269 g/mol. The summed E-state index contributed by atoms with van der Waals surface area (Å²) in [5.41, 5.74) is 7.49. The first-order valence-electron chi connectivity index (χ1n) is 6.09. The first kappa shape index (κ1) is 15.2. The number of rotatable bonds is 3. The van der Waals surface area contributed by atoms with E-state index in [1.807, 2.05) is 46.8 Å². The molecule has 3 nitrogen and oxygen atoms in total. The number of hydrogen-bond acceptors (Lipinski definition) is 3. The summed E-state index contributed by atoms with van der Waals surface area (Å²) in [6, 6.07) is 5.10. The minimum Gasteiger partial charge on any atom is -0.326 e. The van der Waals surface area contributed by atoms with Crippen molar-refractivity contribution in [3.63, 3.8) is 0 Å². The Labute approximate surface area is 110 Å². The summed E-state index contributed by atoms with van der Waals surface area (Å²) in [4.78, 5) is 0.405. The Balaban J connectivity index is 3.11. The van der Waals surface area contributed by atoms with E-state index in [-0.39, 0.29) is 17.2 Å². The second-order valence-corrected chi connectivity index (χ2v) is 8.03. The Morgan fingerprint density at radius 3 is 2.28 bits per heavy atom. The second kappa shape index (κ2) is 5.02. The SMILES string of the molecule is Cc1ccc(C)c(S(=O)(=O)CC(N)C(C)(C)C)c1. The average Bonchev–Trinajstić information content (AvgIpc) is 2.19. The minimum absolute atomic E-state index is 0.0131. The molecule has 1 rings (SSSR count). The smallest absolute Gasteiger partial charge is 0.180 e. The van der Waals surface area contributed by atoms with Gasteiger partial charge in [-0.25, -0.2) is 8.42 Å². The van der Waals surface area contributed by atoms with Crippen molar-refractivity contribution in [1.82, 2.24) is 0 Å². The second-order valence-electron chi connectivity index (χ2n) is 6.02. The lowest BCUT2D eigenvalue weighted by molar-refractivity contribution is 0.340. The number of aryl methyl sites for hydroxylation is 2. The van der Waals surface area contributed by atoms with E-state index < -0.39 is 9.84 Å².